The van der Waals surface area contributed by atoms with E-state index in [1.54, 1.807) is 0 Å². The van der Waals surface area contributed by atoms with Gasteiger partial charge in [-0.25, -0.2) is 0 Å². The van der Waals surface area contributed by atoms with E-state index in [4.69, 9.17) is 0 Å². The molecule has 0 aromatic heterocycles. The summed E-state index contributed by atoms with van der Waals surface area (Å²) >= 11 is 0. The third-order valence-corrected chi connectivity index (χ3v) is 5.40. The first-order valence-corrected chi connectivity index (χ1v) is 9.78. The standard InChI is InChI=1S/C23H28N2O2/c1-3-17(2)24-22(26)21-14-20(18-10-6-4-7-11-18)15-25(16-21)23(27)19-12-8-5-9-13-19/h4-13,17,20-21H,3,14-16H2,1-2H3,(H,24,26)/t17-,20+,21-/m0/s1. The Morgan fingerprint density at radius 1 is 1.04 bits per heavy atom. The van der Waals surface area contributed by atoms with Crippen LogP contribution in [0.1, 0.15) is 48.5 Å². The van der Waals surface area contributed by atoms with E-state index < -0.39 is 0 Å². The number of nitrogens with zero attached hydrogens (tertiary/aromatic N) is 1. The minimum absolute atomic E-state index is 0.00225. The molecule has 3 rings (SSSR count). The normalized spacial score (nSPS) is 20.7. The Morgan fingerprint density at radius 2 is 1.67 bits per heavy atom. The van der Waals surface area contributed by atoms with Crippen molar-refractivity contribution in [3.63, 3.8) is 0 Å². The summed E-state index contributed by atoms with van der Waals surface area (Å²) < 4.78 is 0. The first-order chi connectivity index (χ1) is 13.1. The second-order valence-electron chi connectivity index (χ2n) is 7.43. The number of hydrogen-bond donors (Lipinski definition) is 1. The van der Waals surface area contributed by atoms with Gasteiger partial charge in [0.1, 0.15) is 0 Å². The number of rotatable bonds is 5. The zero-order valence-corrected chi connectivity index (χ0v) is 16.1. The van der Waals surface area contributed by atoms with Crippen molar-refractivity contribution in [3.05, 3.63) is 71.8 Å². The molecule has 142 valence electrons. The largest absolute Gasteiger partial charge is 0.353 e. The van der Waals surface area contributed by atoms with Gasteiger partial charge in [0, 0.05) is 30.6 Å². The highest BCUT2D eigenvalue weighted by Gasteiger charge is 2.35. The fourth-order valence-electron chi connectivity index (χ4n) is 3.65. The molecule has 2 aromatic rings. The van der Waals surface area contributed by atoms with Gasteiger partial charge in [-0.05, 0) is 37.5 Å². The van der Waals surface area contributed by atoms with Crippen LogP contribution < -0.4 is 5.32 Å². The molecule has 2 amide bonds. The van der Waals surface area contributed by atoms with E-state index >= 15 is 0 Å². The summed E-state index contributed by atoms with van der Waals surface area (Å²) in [5.74, 6) is 0.0272. The number of piperidine rings is 1. The maximum atomic E-state index is 13.0. The number of likely N-dealkylation sites (tertiary alicyclic amines) is 1. The molecule has 4 heteroatoms. The van der Waals surface area contributed by atoms with Crippen molar-refractivity contribution in [3.8, 4) is 0 Å². The molecule has 0 saturated carbocycles. The van der Waals surface area contributed by atoms with Crippen LogP contribution in [0.25, 0.3) is 0 Å². The zero-order chi connectivity index (χ0) is 19.2. The lowest BCUT2D eigenvalue weighted by Gasteiger charge is -2.38. The molecule has 27 heavy (non-hydrogen) atoms. The monoisotopic (exact) mass is 364 g/mol. The number of carbonyl (C=O) groups excluding carboxylic acids is 2. The number of nitrogens with one attached hydrogen (secondary N) is 1. The van der Waals surface area contributed by atoms with Crippen molar-refractivity contribution in [1.82, 2.24) is 10.2 Å². The highest BCUT2D eigenvalue weighted by molar-refractivity contribution is 5.94. The van der Waals surface area contributed by atoms with Gasteiger partial charge in [-0.3, -0.25) is 9.59 Å². The summed E-state index contributed by atoms with van der Waals surface area (Å²) in [4.78, 5) is 27.7. The molecular formula is C23H28N2O2. The quantitative estimate of drug-likeness (QED) is 0.876. The van der Waals surface area contributed by atoms with Gasteiger partial charge in [-0.1, -0.05) is 55.5 Å². The molecule has 1 saturated heterocycles. The second-order valence-corrected chi connectivity index (χ2v) is 7.43. The molecule has 0 radical (unpaired) electrons. The average Bonchev–Trinajstić information content (AvgIpc) is 2.74. The van der Waals surface area contributed by atoms with Gasteiger partial charge >= 0.3 is 0 Å². The molecule has 1 heterocycles. The van der Waals surface area contributed by atoms with Crippen LogP contribution in [0.3, 0.4) is 0 Å². The molecule has 1 aliphatic heterocycles. The number of hydrogen-bond acceptors (Lipinski definition) is 2. The first kappa shape index (κ1) is 19.2. The summed E-state index contributed by atoms with van der Waals surface area (Å²) in [6.45, 7) is 5.19. The van der Waals surface area contributed by atoms with Crippen LogP contribution in [0, 0.1) is 5.92 Å². The van der Waals surface area contributed by atoms with E-state index in [0.717, 1.165) is 12.8 Å². The van der Waals surface area contributed by atoms with Gasteiger partial charge < -0.3 is 10.2 Å². The van der Waals surface area contributed by atoms with Gasteiger partial charge in [-0.2, -0.15) is 0 Å². The predicted molar refractivity (Wildman–Crippen MR) is 108 cm³/mol. The fraction of sp³-hybridized carbons (Fsp3) is 0.391. The second kappa shape index (κ2) is 8.85. The van der Waals surface area contributed by atoms with E-state index in [0.29, 0.717) is 18.7 Å². The lowest BCUT2D eigenvalue weighted by atomic mass is 9.83. The Hall–Kier alpha value is -2.62. The Balaban J connectivity index is 1.82. The summed E-state index contributed by atoms with van der Waals surface area (Å²) in [7, 11) is 0. The van der Waals surface area contributed by atoms with E-state index in [1.165, 1.54) is 5.56 Å². The van der Waals surface area contributed by atoms with Crippen LogP contribution >= 0.6 is 0 Å². The molecule has 0 unspecified atom stereocenters. The summed E-state index contributed by atoms with van der Waals surface area (Å²) in [6.07, 6.45) is 1.66. The van der Waals surface area contributed by atoms with Crippen molar-refractivity contribution >= 4 is 11.8 Å². The number of carbonyl (C=O) groups is 2. The molecule has 1 fully saturated rings. The van der Waals surface area contributed by atoms with Gasteiger partial charge in [-0.15, -0.1) is 0 Å². The maximum Gasteiger partial charge on any atom is 0.253 e. The summed E-state index contributed by atoms with van der Waals surface area (Å²) in [5.41, 5.74) is 1.86. The molecule has 3 atom stereocenters. The lowest BCUT2D eigenvalue weighted by molar-refractivity contribution is -0.127. The summed E-state index contributed by atoms with van der Waals surface area (Å²) in [5, 5.41) is 3.09. The third-order valence-electron chi connectivity index (χ3n) is 5.40. The number of amides is 2. The molecule has 2 aromatic carbocycles. The Morgan fingerprint density at radius 3 is 2.30 bits per heavy atom. The lowest BCUT2D eigenvalue weighted by Crippen LogP contribution is -2.49. The highest BCUT2D eigenvalue weighted by atomic mass is 16.2. The minimum Gasteiger partial charge on any atom is -0.353 e. The molecule has 0 aliphatic carbocycles. The van der Waals surface area contributed by atoms with Gasteiger partial charge in [0.05, 0.1) is 5.92 Å². The first-order valence-electron chi connectivity index (χ1n) is 9.78. The van der Waals surface area contributed by atoms with E-state index in [2.05, 4.69) is 24.4 Å². The smallest absolute Gasteiger partial charge is 0.253 e. The maximum absolute atomic E-state index is 13.0. The van der Waals surface area contributed by atoms with Crippen LogP contribution in [0.5, 0.6) is 0 Å². The topological polar surface area (TPSA) is 49.4 Å². The van der Waals surface area contributed by atoms with Crippen molar-refractivity contribution in [1.29, 1.82) is 0 Å². The molecule has 1 aliphatic rings. The molecule has 0 spiro atoms. The van der Waals surface area contributed by atoms with Crippen molar-refractivity contribution in [2.75, 3.05) is 13.1 Å². The van der Waals surface area contributed by atoms with Crippen molar-refractivity contribution < 1.29 is 9.59 Å². The zero-order valence-electron chi connectivity index (χ0n) is 16.1. The van der Waals surface area contributed by atoms with Gasteiger partial charge in [0.2, 0.25) is 5.91 Å². The van der Waals surface area contributed by atoms with E-state index in [9.17, 15) is 9.59 Å². The Labute approximate surface area is 161 Å². The van der Waals surface area contributed by atoms with Crippen molar-refractivity contribution in [2.24, 2.45) is 5.92 Å². The third kappa shape index (κ3) is 4.76. The van der Waals surface area contributed by atoms with Crippen LogP contribution in [0.15, 0.2) is 60.7 Å². The minimum atomic E-state index is -0.189. The van der Waals surface area contributed by atoms with Crippen LogP contribution in [0.4, 0.5) is 0 Å². The van der Waals surface area contributed by atoms with E-state index in [1.807, 2.05) is 60.4 Å². The molecule has 0 bridgehead atoms. The average molecular weight is 364 g/mol. The van der Waals surface area contributed by atoms with Gasteiger partial charge in [0.15, 0.2) is 0 Å². The fourth-order valence-corrected chi connectivity index (χ4v) is 3.65. The molecule has 1 N–H and O–H groups in total. The van der Waals surface area contributed by atoms with Crippen LogP contribution in [-0.2, 0) is 4.79 Å². The van der Waals surface area contributed by atoms with Crippen LogP contribution in [-0.4, -0.2) is 35.8 Å². The predicted octanol–water partition coefficient (Wildman–Crippen LogP) is 3.85. The highest BCUT2D eigenvalue weighted by Crippen LogP contribution is 2.31. The van der Waals surface area contributed by atoms with Crippen molar-refractivity contribution in [2.45, 2.75) is 38.6 Å². The Bertz CT molecular complexity index is 760. The molecular weight excluding hydrogens is 336 g/mol. The summed E-state index contributed by atoms with van der Waals surface area (Å²) in [6, 6.07) is 19.7. The van der Waals surface area contributed by atoms with E-state index in [-0.39, 0.29) is 29.7 Å². The molecule has 4 nitrogen and oxygen atoms in total. The van der Waals surface area contributed by atoms with Gasteiger partial charge in [0.25, 0.3) is 5.91 Å². The number of benzene rings is 2. The Kier molecular flexibility index (Phi) is 6.28. The SMILES string of the molecule is CC[C@H](C)NC(=O)[C@H]1C[C@@H](c2ccccc2)CN(C(=O)c2ccccc2)C1. The van der Waals surface area contributed by atoms with Crippen LogP contribution in [0.2, 0.25) is 0 Å².